The second-order valence-corrected chi connectivity index (χ2v) is 4.07. The maximum Gasteiger partial charge on any atom is 0.115 e. The zero-order chi connectivity index (χ0) is 9.26. The monoisotopic (exact) mass is 196 g/mol. The van der Waals surface area contributed by atoms with Gasteiger partial charge in [0.2, 0.25) is 0 Å². The number of aryl methyl sites for hydroxylation is 1. The number of nitrogens with zero attached hydrogens (tertiary/aromatic N) is 1. The highest BCUT2D eigenvalue weighted by Gasteiger charge is 2.18. The van der Waals surface area contributed by atoms with Crippen LogP contribution in [0.1, 0.15) is 23.2 Å². The van der Waals surface area contributed by atoms with Crippen LogP contribution in [0.3, 0.4) is 0 Å². The first-order chi connectivity index (χ1) is 6.27. The number of rotatable bonds is 2. The lowest BCUT2D eigenvalue weighted by molar-refractivity contribution is 0.224. The molecule has 0 aliphatic carbocycles. The van der Waals surface area contributed by atoms with Gasteiger partial charge in [0.05, 0.1) is 17.3 Å². The molecule has 0 saturated heterocycles. The summed E-state index contributed by atoms with van der Waals surface area (Å²) in [6.07, 6.45) is 3.01. The lowest BCUT2D eigenvalue weighted by Crippen LogP contribution is -2.13. The second kappa shape index (κ2) is 3.47. The van der Waals surface area contributed by atoms with Crippen molar-refractivity contribution >= 4 is 11.3 Å². The molecule has 0 spiro atoms. The van der Waals surface area contributed by atoms with Crippen LogP contribution in [-0.2, 0) is 4.74 Å². The summed E-state index contributed by atoms with van der Waals surface area (Å²) in [6.45, 7) is 2.73. The molecular formula is C9H12N2OS. The fourth-order valence-corrected chi connectivity index (χ4v) is 1.97. The fraction of sp³-hybridized carbons (Fsp3) is 0.444. The van der Waals surface area contributed by atoms with Crippen molar-refractivity contribution in [2.24, 2.45) is 5.73 Å². The van der Waals surface area contributed by atoms with E-state index in [-0.39, 0.29) is 6.04 Å². The third kappa shape index (κ3) is 1.73. The van der Waals surface area contributed by atoms with Crippen LogP contribution in [0.2, 0.25) is 0 Å². The van der Waals surface area contributed by atoms with E-state index in [0.717, 1.165) is 29.5 Å². The summed E-state index contributed by atoms with van der Waals surface area (Å²) in [5, 5.41) is 3.03. The Kier molecular flexibility index (Phi) is 2.33. The number of hydrogen-bond donors (Lipinski definition) is 1. The summed E-state index contributed by atoms with van der Waals surface area (Å²) in [4.78, 5) is 4.33. The van der Waals surface area contributed by atoms with Crippen LogP contribution < -0.4 is 5.73 Å². The van der Waals surface area contributed by atoms with Crippen molar-refractivity contribution in [3.8, 4) is 0 Å². The van der Waals surface area contributed by atoms with Gasteiger partial charge in [-0.2, -0.15) is 0 Å². The Morgan fingerprint density at radius 1 is 1.69 bits per heavy atom. The SMILES string of the molecule is Cc1nc(C(N)C2=CCCO2)cs1. The molecule has 0 saturated carbocycles. The molecule has 0 amide bonds. The van der Waals surface area contributed by atoms with Gasteiger partial charge in [-0.25, -0.2) is 4.98 Å². The van der Waals surface area contributed by atoms with Crippen LogP contribution in [0.25, 0.3) is 0 Å². The second-order valence-electron chi connectivity index (χ2n) is 3.01. The Labute approximate surface area is 81.2 Å². The third-order valence-electron chi connectivity index (χ3n) is 1.99. The minimum atomic E-state index is -0.174. The molecule has 70 valence electrons. The molecule has 3 nitrogen and oxygen atoms in total. The predicted molar refractivity (Wildman–Crippen MR) is 52.4 cm³/mol. The van der Waals surface area contributed by atoms with Crippen LogP contribution >= 0.6 is 11.3 Å². The minimum Gasteiger partial charge on any atom is -0.496 e. The van der Waals surface area contributed by atoms with Gasteiger partial charge >= 0.3 is 0 Å². The molecule has 1 unspecified atom stereocenters. The van der Waals surface area contributed by atoms with E-state index in [1.54, 1.807) is 11.3 Å². The molecule has 2 rings (SSSR count). The topological polar surface area (TPSA) is 48.1 Å². The highest BCUT2D eigenvalue weighted by Crippen LogP contribution is 2.24. The first-order valence-corrected chi connectivity index (χ1v) is 5.16. The molecule has 1 aromatic rings. The van der Waals surface area contributed by atoms with Gasteiger partial charge in [-0.05, 0) is 13.0 Å². The van der Waals surface area contributed by atoms with Gasteiger partial charge in [-0.15, -0.1) is 11.3 Å². The first-order valence-electron chi connectivity index (χ1n) is 4.28. The van der Waals surface area contributed by atoms with E-state index >= 15 is 0 Å². The van der Waals surface area contributed by atoms with Crippen molar-refractivity contribution in [2.45, 2.75) is 19.4 Å². The largest absolute Gasteiger partial charge is 0.496 e. The van der Waals surface area contributed by atoms with Crippen LogP contribution in [0.15, 0.2) is 17.2 Å². The van der Waals surface area contributed by atoms with Crippen LogP contribution in [0.5, 0.6) is 0 Å². The summed E-state index contributed by atoms with van der Waals surface area (Å²) >= 11 is 1.62. The maximum atomic E-state index is 5.96. The predicted octanol–water partition coefficient (Wildman–Crippen LogP) is 1.76. The molecule has 1 aliphatic rings. The highest BCUT2D eigenvalue weighted by molar-refractivity contribution is 7.09. The van der Waals surface area contributed by atoms with Crippen molar-refractivity contribution in [1.29, 1.82) is 0 Å². The van der Waals surface area contributed by atoms with Crippen molar-refractivity contribution in [3.05, 3.63) is 27.9 Å². The Balaban J connectivity index is 2.16. The van der Waals surface area contributed by atoms with E-state index in [2.05, 4.69) is 4.98 Å². The lowest BCUT2D eigenvalue weighted by atomic mass is 10.2. The molecule has 0 fully saturated rings. The Hall–Kier alpha value is -0.870. The van der Waals surface area contributed by atoms with Crippen molar-refractivity contribution < 1.29 is 4.74 Å². The van der Waals surface area contributed by atoms with Gasteiger partial charge in [0.1, 0.15) is 11.8 Å². The minimum absolute atomic E-state index is 0.174. The van der Waals surface area contributed by atoms with Crippen LogP contribution in [0, 0.1) is 6.92 Å². The van der Waals surface area contributed by atoms with Gasteiger partial charge in [0.15, 0.2) is 0 Å². The van der Waals surface area contributed by atoms with E-state index in [0.29, 0.717) is 0 Å². The maximum absolute atomic E-state index is 5.96. The molecule has 0 bridgehead atoms. The van der Waals surface area contributed by atoms with Crippen molar-refractivity contribution in [3.63, 3.8) is 0 Å². The Morgan fingerprint density at radius 2 is 2.54 bits per heavy atom. The van der Waals surface area contributed by atoms with Crippen LogP contribution in [-0.4, -0.2) is 11.6 Å². The molecule has 4 heteroatoms. The average molecular weight is 196 g/mol. The smallest absolute Gasteiger partial charge is 0.115 e. The molecule has 0 radical (unpaired) electrons. The summed E-state index contributed by atoms with van der Waals surface area (Å²) in [7, 11) is 0. The average Bonchev–Trinajstić information content (AvgIpc) is 2.72. The number of ether oxygens (including phenoxy) is 1. The number of aromatic nitrogens is 1. The van der Waals surface area contributed by atoms with Gasteiger partial charge in [0.25, 0.3) is 0 Å². The summed E-state index contributed by atoms with van der Waals surface area (Å²) < 4.78 is 5.38. The van der Waals surface area contributed by atoms with E-state index in [9.17, 15) is 0 Å². The number of hydrogen-bond acceptors (Lipinski definition) is 4. The van der Waals surface area contributed by atoms with E-state index in [1.165, 1.54) is 0 Å². The molecule has 2 heterocycles. The van der Waals surface area contributed by atoms with E-state index < -0.39 is 0 Å². The van der Waals surface area contributed by atoms with Gasteiger partial charge in [0, 0.05) is 11.8 Å². The number of nitrogens with two attached hydrogens (primary N) is 1. The summed E-state index contributed by atoms with van der Waals surface area (Å²) in [6, 6.07) is -0.174. The normalized spacial score (nSPS) is 18.2. The Morgan fingerprint density at radius 3 is 3.08 bits per heavy atom. The highest BCUT2D eigenvalue weighted by atomic mass is 32.1. The molecule has 1 aliphatic heterocycles. The first kappa shape index (κ1) is 8.72. The number of thiazole rings is 1. The van der Waals surface area contributed by atoms with Gasteiger partial charge in [-0.1, -0.05) is 0 Å². The zero-order valence-corrected chi connectivity index (χ0v) is 8.30. The molecule has 13 heavy (non-hydrogen) atoms. The molecule has 2 N–H and O–H groups in total. The van der Waals surface area contributed by atoms with E-state index in [4.69, 9.17) is 10.5 Å². The summed E-state index contributed by atoms with van der Waals surface area (Å²) in [5.41, 5.74) is 6.88. The summed E-state index contributed by atoms with van der Waals surface area (Å²) in [5.74, 6) is 0.866. The lowest BCUT2D eigenvalue weighted by Gasteiger charge is -2.09. The van der Waals surface area contributed by atoms with Crippen LogP contribution in [0.4, 0.5) is 0 Å². The molecule has 1 aromatic heterocycles. The van der Waals surface area contributed by atoms with Crippen molar-refractivity contribution in [2.75, 3.05) is 6.61 Å². The standard InChI is InChI=1S/C9H12N2OS/c1-6-11-7(5-13-6)9(10)8-3-2-4-12-8/h3,5,9H,2,4,10H2,1H3. The van der Waals surface area contributed by atoms with Crippen molar-refractivity contribution in [1.82, 2.24) is 4.98 Å². The molecule has 1 atom stereocenters. The molecular weight excluding hydrogens is 184 g/mol. The molecule has 0 aromatic carbocycles. The fourth-order valence-electron chi connectivity index (χ4n) is 1.32. The van der Waals surface area contributed by atoms with Gasteiger partial charge in [-0.3, -0.25) is 0 Å². The third-order valence-corrected chi connectivity index (χ3v) is 2.79. The quantitative estimate of drug-likeness (QED) is 0.784. The van der Waals surface area contributed by atoms with E-state index in [1.807, 2.05) is 18.4 Å². The Bertz CT molecular complexity index is 332. The van der Waals surface area contributed by atoms with Gasteiger partial charge < -0.3 is 10.5 Å². The zero-order valence-electron chi connectivity index (χ0n) is 7.49.